The third-order valence-electron chi connectivity index (χ3n) is 8.02. The van der Waals surface area contributed by atoms with Crippen LogP contribution in [0.3, 0.4) is 0 Å². The van der Waals surface area contributed by atoms with Gasteiger partial charge >= 0.3 is 0 Å². The lowest BCUT2D eigenvalue weighted by atomic mass is 10.0. The fraction of sp³-hybridized carbons (Fsp3) is 0.312. The minimum Gasteiger partial charge on any atom is -0.423 e. The van der Waals surface area contributed by atoms with Gasteiger partial charge in [-0.15, -0.1) is 10.2 Å². The first-order valence-electron chi connectivity index (χ1n) is 14.4. The summed E-state index contributed by atoms with van der Waals surface area (Å²) in [5.74, 6) is 1.16. The summed E-state index contributed by atoms with van der Waals surface area (Å²) >= 11 is 6.69. The summed E-state index contributed by atoms with van der Waals surface area (Å²) in [6, 6.07) is 15.8. The Kier molecular flexibility index (Phi) is 7.95. The van der Waals surface area contributed by atoms with Gasteiger partial charge in [0.05, 0.1) is 0 Å². The molecule has 6 rings (SSSR count). The molecule has 2 aliphatic heterocycles. The van der Waals surface area contributed by atoms with Crippen molar-refractivity contribution >= 4 is 29.1 Å². The van der Waals surface area contributed by atoms with Crippen LogP contribution in [-0.2, 0) is 6.54 Å². The summed E-state index contributed by atoms with van der Waals surface area (Å²) in [4.78, 5) is 23.7. The number of hydrogen-bond acceptors (Lipinski definition) is 8. The SMILES string of the molecule is CCC1=C(Nc2ccc(N3CCN(C)CC3)cc2)N=c2c(cc(-c3ccc(-c4nnco4)cc3Cl)c(=O)n2CC)=CC1. The zero-order valence-corrected chi connectivity index (χ0v) is 24.9. The van der Waals surface area contributed by atoms with E-state index < -0.39 is 0 Å². The summed E-state index contributed by atoms with van der Waals surface area (Å²) in [5, 5.41) is 12.6. The molecule has 0 unspecified atom stereocenters. The summed E-state index contributed by atoms with van der Waals surface area (Å²) in [7, 11) is 2.17. The van der Waals surface area contributed by atoms with Crippen molar-refractivity contribution < 1.29 is 4.42 Å². The fourth-order valence-electron chi connectivity index (χ4n) is 5.51. The van der Waals surface area contributed by atoms with Crippen LogP contribution in [0.2, 0.25) is 5.02 Å². The molecule has 0 radical (unpaired) electrons. The van der Waals surface area contributed by atoms with E-state index >= 15 is 0 Å². The van der Waals surface area contributed by atoms with Crippen LogP contribution in [0.5, 0.6) is 0 Å². The van der Waals surface area contributed by atoms with Gasteiger partial charge in [0, 0.05) is 71.0 Å². The highest BCUT2D eigenvalue weighted by Gasteiger charge is 2.18. The summed E-state index contributed by atoms with van der Waals surface area (Å²) in [6.07, 6.45) is 4.98. The summed E-state index contributed by atoms with van der Waals surface area (Å²) in [5.41, 5.74) is 5.74. The van der Waals surface area contributed by atoms with Gasteiger partial charge in [-0.2, -0.15) is 0 Å². The number of piperazine rings is 1. The molecule has 2 aromatic heterocycles. The van der Waals surface area contributed by atoms with Crippen molar-refractivity contribution in [2.75, 3.05) is 43.4 Å². The van der Waals surface area contributed by atoms with Crippen LogP contribution in [0.25, 0.3) is 28.7 Å². The third-order valence-corrected chi connectivity index (χ3v) is 8.33. The van der Waals surface area contributed by atoms with Gasteiger partial charge in [0.25, 0.3) is 5.56 Å². The van der Waals surface area contributed by atoms with Gasteiger partial charge in [-0.1, -0.05) is 30.7 Å². The van der Waals surface area contributed by atoms with Gasteiger partial charge < -0.3 is 19.5 Å². The van der Waals surface area contributed by atoms with E-state index in [2.05, 4.69) is 69.6 Å². The summed E-state index contributed by atoms with van der Waals surface area (Å²) in [6.45, 7) is 8.76. The first-order chi connectivity index (χ1) is 20.4. The minimum atomic E-state index is -0.142. The van der Waals surface area contributed by atoms with Crippen molar-refractivity contribution in [3.05, 3.63) is 92.4 Å². The number of rotatable bonds is 7. The second kappa shape index (κ2) is 12.0. The third kappa shape index (κ3) is 5.49. The minimum absolute atomic E-state index is 0.142. The fourth-order valence-corrected chi connectivity index (χ4v) is 5.79. The predicted molar refractivity (Wildman–Crippen MR) is 167 cm³/mol. The standard InChI is InChI=1S/C32H34ClN7O2/c1-4-21-6-7-22-18-27(26-13-8-23(19-28(26)33)31-37-34-20-42-31)32(41)40(5-2)30(22)36-29(21)35-24-9-11-25(12-10-24)39-16-14-38(3)15-17-39/h7-13,18-20,35H,4-6,14-17H2,1-3H3. The first kappa shape index (κ1) is 27.9. The molecule has 0 amide bonds. The molecule has 0 saturated carbocycles. The maximum Gasteiger partial charge on any atom is 0.260 e. The van der Waals surface area contributed by atoms with Crippen molar-refractivity contribution in [2.45, 2.75) is 33.2 Å². The van der Waals surface area contributed by atoms with Gasteiger partial charge in [-0.3, -0.25) is 9.36 Å². The Morgan fingerprint density at radius 2 is 1.79 bits per heavy atom. The van der Waals surface area contributed by atoms with E-state index in [0.29, 0.717) is 39.6 Å². The van der Waals surface area contributed by atoms with Gasteiger partial charge in [-0.25, -0.2) is 4.99 Å². The monoisotopic (exact) mass is 583 g/mol. The Morgan fingerprint density at radius 1 is 1.00 bits per heavy atom. The summed E-state index contributed by atoms with van der Waals surface area (Å²) < 4.78 is 7.02. The number of halogens is 1. The Labute approximate surface area is 249 Å². The normalized spacial score (nSPS) is 15.6. The van der Waals surface area contributed by atoms with Gasteiger partial charge in [-0.05, 0) is 74.9 Å². The second-order valence-corrected chi connectivity index (χ2v) is 11.0. The molecule has 0 aliphatic carbocycles. The van der Waals surface area contributed by atoms with Crippen LogP contribution in [0.4, 0.5) is 11.4 Å². The molecule has 1 N–H and O–H groups in total. The smallest absolute Gasteiger partial charge is 0.260 e. The zero-order chi connectivity index (χ0) is 29.2. The topological polar surface area (TPSA) is 91.8 Å². The Hall–Kier alpha value is -4.21. The second-order valence-electron chi connectivity index (χ2n) is 10.6. The molecule has 4 heterocycles. The molecule has 10 heteroatoms. The van der Waals surface area contributed by atoms with Crippen LogP contribution in [0.1, 0.15) is 26.7 Å². The Bertz CT molecular complexity index is 1800. The molecule has 4 aromatic rings. The number of allylic oxidation sites excluding steroid dienone is 1. The van der Waals surface area contributed by atoms with E-state index in [9.17, 15) is 4.79 Å². The molecule has 2 aromatic carbocycles. The average molecular weight is 584 g/mol. The van der Waals surface area contributed by atoms with Crippen LogP contribution < -0.4 is 26.5 Å². The molecule has 42 heavy (non-hydrogen) atoms. The lowest BCUT2D eigenvalue weighted by molar-refractivity contribution is 0.313. The Balaban J connectivity index is 1.35. The maximum atomic E-state index is 13.8. The zero-order valence-electron chi connectivity index (χ0n) is 24.1. The largest absolute Gasteiger partial charge is 0.423 e. The molecule has 1 fully saturated rings. The number of nitrogens with one attached hydrogen (secondary N) is 1. The molecule has 0 atom stereocenters. The first-order valence-corrected chi connectivity index (χ1v) is 14.7. The van der Waals surface area contributed by atoms with Crippen LogP contribution in [0.15, 0.2) is 80.5 Å². The van der Waals surface area contributed by atoms with E-state index in [1.165, 1.54) is 17.7 Å². The number of anilines is 2. The van der Waals surface area contributed by atoms with E-state index in [1.807, 2.05) is 25.1 Å². The van der Waals surface area contributed by atoms with Crippen molar-refractivity contribution in [3.8, 4) is 22.6 Å². The molecule has 216 valence electrons. The lowest BCUT2D eigenvalue weighted by Gasteiger charge is -2.34. The molecule has 9 nitrogen and oxygen atoms in total. The Morgan fingerprint density at radius 3 is 2.45 bits per heavy atom. The van der Waals surface area contributed by atoms with Gasteiger partial charge in [0.1, 0.15) is 11.3 Å². The van der Waals surface area contributed by atoms with Gasteiger partial charge in [0.2, 0.25) is 12.3 Å². The van der Waals surface area contributed by atoms with E-state index in [1.54, 1.807) is 10.6 Å². The van der Waals surface area contributed by atoms with Crippen LogP contribution in [-0.4, -0.2) is 52.9 Å². The average Bonchev–Trinajstić information content (AvgIpc) is 3.49. The predicted octanol–water partition coefficient (Wildman–Crippen LogP) is 4.53. The maximum absolute atomic E-state index is 13.8. The number of benzene rings is 2. The van der Waals surface area contributed by atoms with Crippen LogP contribution in [0, 0.1) is 0 Å². The van der Waals surface area contributed by atoms with E-state index in [0.717, 1.165) is 55.7 Å². The highest BCUT2D eigenvalue weighted by atomic mass is 35.5. The number of fused-ring (bicyclic) bond motifs is 1. The molecule has 0 bridgehead atoms. The van der Waals surface area contributed by atoms with Crippen molar-refractivity contribution in [1.82, 2.24) is 19.7 Å². The number of hydrogen-bond donors (Lipinski definition) is 1. The van der Waals surface area contributed by atoms with E-state index in [-0.39, 0.29) is 5.56 Å². The van der Waals surface area contributed by atoms with Crippen molar-refractivity contribution in [1.29, 1.82) is 0 Å². The number of pyridine rings is 1. The number of nitrogens with zero attached hydrogens (tertiary/aromatic N) is 6. The quantitative estimate of drug-likeness (QED) is 0.342. The highest BCUT2D eigenvalue weighted by Crippen LogP contribution is 2.30. The molecule has 1 saturated heterocycles. The molecule has 2 aliphatic rings. The molecular weight excluding hydrogens is 550 g/mol. The number of aromatic nitrogens is 3. The van der Waals surface area contributed by atoms with E-state index in [4.69, 9.17) is 21.0 Å². The van der Waals surface area contributed by atoms with Crippen molar-refractivity contribution in [3.63, 3.8) is 0 Å². The lowest BCUT2D eigenvalue weighted by Crippen LogP contribution is -2.44. The molecule has 0 spiro atoms. The molecular formula is C32H34ClN7O2. The highest BCUT2D eigenvalue weighted by molar-refractivity contribution is 6.33. The number of likely N-dealkylation sites (N-methyl/N-ethyl adjacent to an activating group) is 1. The van der Waals surface area contributed by atoms with Crippen LogP contribution >= 0.6 is 11.6 Å². The van der Waals surface area contributed by atoms with Gasteiger partial charge in [0.15, 0.2) is 0 Å². The van der Waals surface area contributed by atoms with Crippen molar-refractivity contribution in [2.24, 2.45) is 4.99 Å².